The van der Waals surface area contributed by atoms with E-state index in [-0.39, 0.29) is 23.1 Å². The number of hydrogen-bond acceptors (Lipinski definition) is 2. The van der Waals surface area contributed by atoms with Gasteiger partial charge in [-0.05, 0) is 65.7 Å². The predicted octanol–water partition coefficient (Wildman–Crippen LogP) is 8.84. The molecule has 1 saturated carbocycles. The lowest BCUT2D eigenvalue weighted by Crippen LogP contribution is -2.17. The van der Waals surface area contributed by atoms with Crippen molar-refractivity contribution in [2.45, 2.75) is 16.7 Å². The van der Waals surface area contributed by atoms with Crippen molar-refractivity contribution in [3.63, 3.8) is 0 Å². The summed E-state index contributed by atoms with van der Waals surface area (Å²) in [7, 11) is 0. The molecule has 0 saturated heterocycles. The fourth-order valence-corrected chi connectivity index (χ4v) is 6.48. The van der Waals surface area contributed by atoms with Crippen LogP contribution in [-0.2, 0) is 11.2 Å². The van der Waals surface area contributed by atoms with Gasteiger partial charge in [0, 0.05) is 55.2 Å². The second-order valence-corrected chi connectivity index (χ2v) is 12.2. The summed E-state index contributed by atoms with van der Waals surface area (Å²) in [6.45, 7) is 0. The van der Waals surface area contributed by atoms with Crippen LogP contribution >= 0.6 is 73.9 Å². The van der Waals surface area contributed by atoms with E-state index < -0.39 is 16.2 Å². The number of nitrogens with one attached hydrogen (secondary N) is 2. The molecule has 4 nitrogen and oxygen atoms in total. The van der Waals surface area contributed by atoms with E-state index in [1.54, 1.807) is 36.4 Å². The molecule has 1 fully saturated rings. The Kier molecular flexibility index (Phi) is 7.10. The summed E-state index contributed by atoms with van der Waals surface area (Å²) in [4.78, 5) is 29.4. The van der Waals surface area contributed by atoms with Gasteiger partial charge in [0.2, 0.25) is 5.91 Å². The van der Waals surface area contributed by atoms with Crippen LogP contribution in [0, 0.1) is 5.92 Å². The van der Waals surface area contributed by atoms with Gasteiger partial charge in [0.25, 0.3) is 0 Å². The molecule has 5 rings (SSSR count). The Morgan fingerprint density at radius 1 is 0.972 bits per heavy atom. The summed E-state index contributed by atoms with van der Waals surface area (Å²) in [5, 5.41) is 4.99. The normalized spacial score (nSPS) is 18.3. The highest BCUT2D eigenvalue weighted by Gasteiger charge is 2.67. The number of hydrogen-bond donors (Lipinski definition) is 2. The Labute approximate surface area is 240 Å². The second kappa shape index (κ2) is 9.86. The first-order valence-corrected chi connectivity index (χ1v) is 13.5. The van der Waals surface area contributed by atoms with Gasteiger partial charge in [0.1, 0.15) is 4.33 Å². The third-order valence-corrected chi connectivity index (χ3v) is 8.63. The van der Waals surface area contributed by atoms with E-state index >= 15 is 0 Å². The lowest BCUT2D eigenvalue weighted by molar-refractivity contribution is -0.117. The molecular weight excluding hydrogens is 629 g/mol. The molecule has 184 valence electrons. The van der Waals surface area contributed by atoms with E-state index in [4.69, 9.17) is 58.0 Å². The molecule has 1 aliphatic carbocycles. The van der Waals surface area contributed by atoms with E-state index in [1.807, 2.05) is 24.4 Å². The number of aromatic amines is 1. The third kappa shape index (κ3) is 5.02. The van der Waals surface area contributed by atoms with Crippen LogP contribution in [0.25, 0.3) is 10.9 Å². The Morgan fingerprint density at radius 2 is 1.69 bits per heavy atom. The maximum atomic E-state index is 13.2. The number of rotatable bonds is 6. The zero-order chi connectivity index (χ0) is 25.8. The van der Waals surface area contributed by atoms with E-state index in [0.717, 1.165) is 20.9 Å². The molecule has 36 heavy (non-hydrogen) atoms. The lowest BCUT2D eigenvalue weighted by atomic mass is 10.0. The molecule has 2 N–H and O–H groups in total. The highest BCUT2D eigenvalue weighted by molar-refractivity contribution is 9.10. The number of Topliss-reactive ketones (excluding diaryl/α,β-unsaturated/α-hetero) is 1. The van der Waals surface area contributed by atoms with E-state index in [0.29, 0.717) is 26.9 Å². The van der Waals surface area contributed by atoms with Gasteiger partial charge in [-0.3, -0.25) is 9.59 Å². The number of ketones is 1. The van der Waals surface area contributed by atoms with Crippen molar-refractivity contribution in [1.82, 2.24) is 4.98 Å². The number of H-pyrrole nitrogens is 1. The fraction of sp³-hybridized carbons (Fsp3) is 0.154. The van der Waals surface area contributed by atoms with Crippen molar-refractivity contribution in [2.24, 2.45) is 5.92 Å². The Hall–Kier alpha value is -1.73. The lowest BCUT2D eigenvalue weighted by Gasteiger charge is -2.10. The van der Waals surface area contributed by atoms with Crippen LogP contribution in [-0.4, -0.2) is 21.0 Å². The molecule has 0 spiro atoms. The van der Waals surface area contributed by atoms with Crippen molar-refractivity contribution < 1.29 is 9.59 Å². The van der Waals surface area contributed by atoms with Gasteiger partial charge in [0.05, 0.1) is 10.9 Å². The standard InChI is InChI=1S/C26H16BrCl5N2O2/c27-19-7-12-3-4-33-21(12)8-13(19)9-22(35)18-11-17(1-2-20(18)30)34-25(36)24-23(26(24,31)32)14-5-15(28)10-16(29)6-14/h1-8,10-11,23-24,33H,9H2,(H,34,36). The van der Waals surface area contributed by atoms with Crippen LogP contribution in [0.1, 0.15) is 27.4 Å². The van der Waals surface area contributed by atoms with Crippen molar-refractivity contribution in [3.8, 4) is 0 Å². The number of carbonyl (C=O) groups excluding carboxylic acids is 2. The molecule has 1 amide bonds. The molecule has 0 aliphatic heterocycles. The molecular formula is C26H16BrCl5N2O2. The van der Waals surface area contributed by atoms with Gasteiger partial charge in [-0.2, -0.15) is 0 Å². The summed E-state index contributed by atoms with van der Waals surface area (Å²) in [6.07, 6.45) is 1.97. The first kappa shape index (κ1) is 25.9. The number of fused-ring (bicyclic) bond motifs is 1. The first-order valence-electron chi connectivity index (χ1n) is 10.8. The van der Waals surface area contributed by atoms with Gasteiger partial charge in [-0.1, -0.05) is 50.7 Å². The van der Waals surface area contributed by atoms with Crippen LogP contribution < -0.4 is 5.32 Å². The average Bonchev–Trinajstić information content (AvgIpc) is 3.12. The molecule has 4 aromatic rings. The molecule has 1 heterocycles. The summed E-state index contributed by atoms with van der Waals surface area (Å²) < 4.78 is -0.490. The Balaban J connectivity index is 1.34. The zero-order valence-electron chi connectivity index (χ0n) is 18.2. The minimum atomic E-state index is -1.31. The third-order valence-electron chi connectivity index (χ3n) is 6.19. The van der Waals surface area contributed by atoms with Crippen LogP contribution in [0.3, 0.4) is 0 Å². The molecule has 0 radical (unpaired) electrons. The molecule has 0 bridgehead atoms. The minimum absolute atomic E-state index is 0.124. The molecule has 3 aromatic carbocycles. The predicted molar refractivity (Wildman–Crippen MR) is 151 cm³/mol. The van der Waals surface area contributed by atoms with Gasteiger partial charge >= 0.3 is 0 Å². The van der Waals surface area contributed by atoms with Crippen LogP contribution in [0.15, 0.2) is 65.3 Å². The number of alkyl halides is 2. The molecule has 10 heteroatoms. The molecule has 2 unspecified atom stereocenters. The van der Waals surface area contributed by atoms with E-state index in [9.17, 15) is 9.59 Å². The van der Waals surface area contributed by atoms with Crippen LogP contribution in [0.4, 0.5) is 5.69 Å². The van der Waals surface area contributed by atoms with Gasteiger partial charge < -0.3 is 10.3 Å². The molecule has 1 aromatic heterocycles. The second-order valence-electron chi connectivity index (χ2n) is 8.63. The summed E-state index contributed by atoms with van der Waals surface area (Å²) in [6, 6.07) is 15.6. The number of halogens is 6. The Bertz CT molecular complexity index is 1510. The minimum Gasteiger partial charge on any atom is -0.361 e. The van der Waals surface area contributed by atoms with Gasteiger partial charge in [-0.15, -0.1) is 23.2 Å². The number of amides is 1. The Morgan fingerprint density at radius 3 is 2.42 bits per heavy atom. The average molecular weight is 646 g/mol. The maximum Gasteiger partial charge on any atom is 0.231 e. The van der Waals surface area contributed by atoms with Crippen molar-refractivity contribution in [2.75, 3.05) is 5.32 Å². The first-order chi connectivity index (χ1) is 17.0. The van der Waals surface area contributed by atoms with Crippen molar-refractivity contribution in [1.29, 1.82) is 0 Å². The highest BCUT2D eigenvalue weighted by Crippen LogP contribution is 2.65. The van der Waals surface area contributed by atoms with Crippen LogP contribution in [0.2, 0.25) is 15.1 Å². The largest absolute Gasteiger partial charge is 0.361 e. The summed E-state index contributed by atoms with van der Waals surface area (Å²) >= 11 is 35.0. The van der Waals surface area contributed by atoms with Gasteiger partial charge in [0.15, 0.2) is 5.78 Å². The highest BCUT2D eigenvalue weighted by atomic mass is 79.9. The maximum absolute atomic E-state index is 13.2. The number of aromatic nitrogens is 1. The summed E-state index contributed by atoms with van der Waals surface area (Å²) in [5.41, 5.74) is 3.12. The monoisotopic (exact) mass is 642 g/mol. The summed E-state index contributed by atoms with van der Waals surface area (Å²) in [5.74, 6) is -1.79. The zero-order valence-corrected chi connectivity index (χ0v) is 23.6. The molecule has 2 atom stereocenters. The molecule has 1 aliphatic rings. The smallest absolute Gasteiger partial charge is 0.231 e. The number of anilines is 1. The topological polar surface area (TPSA) is 62.0 Å². The quantitative estimate of drug-likeness (QED) is 0.163. The number of benzene rings is 3. The van der Waals surface area contributed by atoms with E-state index in [2.05, 4.69) is 26.2 Å². The fourth-order valence-electron chi connectivity index (χ4n) is 4.38. The van der Waals surface area contributed by atoms with Crippen LogP contribution in [0.5, 0.6) is 0 Å². The van der Waals surface area contributed by atoms with Crippen molar-refractivity contribution >= 4 is 102 Å². The SMILES string of the molecule is O=C(Cc1cc2[nH]ccc2cc1Br)c1cc(NC(=O)C2C(c3cc(Cl)cc(Cl)c3)C2(Cl)Cl)ccc1Cl. The van der Waals surface area contributed by atoms with Gasteiger partial charge in [-0.25, -0.2) is 0 Å². The number of carbonyl (C=O) groups is 2. The van der Waals surface area contributed by atoms with E-state index in [1.165, 1.54) is 0 Å². The van der Waals surface area contributed by atoms with Crippen molar-refractivity contribution in [3.05, 3.63) is 97.0 Å².